The first-order valence-corrected chi connectivity index (χ1v) is 10.5. The summed E-state index contributed by atoms with van der Waals surface area (Å²) in [5.74, 6) is -1.86. The van der Waals surface area contributed by atoms with E-state index in [1.807, 2.05) is 0 Å². The van der Waals surface area contributed by atoms with Crippen molar-refractivity contribution >= 4 is 0 Å². The minimum Gasteiger partial charge on any atom is -0.207 e. The van der Waals surface area contributed by atoms with Gasteiger partial charge in [-0.1, -0.05) is 25.8 Å². The molecule has 0 aliphatic heterocycles. The Balaban J connectivity index is 1.70. The molecule has 1 fully saturated rings. The van der Waals surface area contributed by atoms with Crippen molar-refractivity contribution in [3.63, 3.8) is 0 Å². The van der Waals surface area contributed by atoms with Crippen LogP contribution >= 0.6 is 0 Å². The molecule has 0 radical (unpaired) electrons. The molecule has 2 aromatic rings. The zero-order valence-corrected chi connectivity index (χ0v) is 17.0. The fourth-order valence-electron chi connectivity index (χ4n) is 4.50. The normalized spacial score (nSPS) is 19.8. The third kappa shape index (κ3) is 5.38. The molecule has 6 heteroatoms. The SMILES string of the molecule is CCCC1CCC(c2cc(F)c(CCc3ccc(F)c(C(F)(F)F)c3)c(F)c2)CC1. The van der Waals surface area contributed by atoms with Crippen LogP contribution in [-0.2, 0) is 19.0 Å². The van der Waals surface area contributed by atoms with Gasteiger partial charge < -0.3 is 0 Å². The largest absolute Gasteiger partial charge is 0.419 e. The van der Waals surface area contributed by atoms with E-state index in [0.29, 0.717) is 17.5 Å². The molecule has 2 aromatic carbocycles. The van der Waals surface area contributed by atoms with E-state index < -0.39 is 29.2 Å². The van der Waals surface area contributed by atoms with Crippen molar-refractivity contribution in [1.29, 1.82) is 0 Å². The van der Waals surface area contributed by atoms with Crippen molar-refractivity contribution in [2.24, 2.45) is 5.92 Å². The predicted molar refractivity (Wildman–Crippen MR) is 105 cm³/mol. The highest BCUT2D eigenvalue weighted by atomic mass is 19.4. The molecule has 0 aromatic heterocycles. The number of halogens is 6. The molecule has 1 saturated carbocycles. The quantitative estimate of drug-likeness (QED) is 0.409. The van der Waals surface area contributed by atoms with Gasteiger partial charge in [0.2, 0.25) is 0 Å². The van der Waals surface area contributed by atoms with E-state index in [2.05, 4.69) is 6.92 Å². The van der Waals surface area contributed by atoms with Crippen LogP contribution in [0, 0.1) is 23.4 Å². The molecule has 0 unspecified atom stereocenters. The molecule has 30 heavy (non-hydrogen) atoms. The second-order valence-electron chi connectivity index (χ2n) is 8.28. The molecule has 1 aliphatic carbocycles. The molecule has 0 bridgehead atoms. The monoisotopic (exact) mass is 428 g/mol. The molecule has 0 saturated heterocycles. The van der Waals surface area contributed by atoms with Gasteiger partial charge in [-0.25, -0.2) is 13.2 Å². The molecular weight excluding hydrogens is 402 g/mol. The summed E-state index contributed by atoms with van der Waals surface area (Å²) in [7, 11) is 0. The van der Waals surface area contributed by atoms with E-state index in [0.717, 1.165) is 38.2 Å². The van der Waals surface area contributed by atoms with Gasteiger partial charge in [0, 0.05) is 5.56 Å². The number of hydrogen-bond donors (Lipinski definition) is 0. The lowest BCUT2D eigenvalue weighted by molar-refractivity contribution is -0.140. The molecule has 1 aliphatic rings. The molecule has 0 amide bonds. The van der Waals surface area contributed by atoms with E-state index in [4.69, 9.17) is 0 Å². The van der Waals surface area contributed by atoms with Gasteiger partial charge in [-0.05, 0) is 85.8 Å². The Bertz CT molecular complexity index is 839. The zero-order chi connectivity index (χ0) is 21.9. The van der Waals surface area contributed by atoms with Gasteiger partial charge in [-0.3, -0.25) is 0 Å². The number of rotatable bonds is 6. The minimum atomic E-state index is -4.81. The second kappa shape index (κ2) is 9.44. The maximum atomic E-state index is 14.6. The van der Waals surface area contributed by atoms with Crippen LogP contribution in [0.25, 0.3) is 0 Å². The van der Waals surface area contributed by atoms with E-state index in [9.17, 15) is 26.3 Å². The summed E-state index contributed by atoms with van der Waals surface area (Å²) in [6.07, 6.45) is 1.37. The second-order valence-corrected chi connectivity index (χ2v) is 8.28. The van der Waals surface area contributed by atoms with Gasteiger partial charge in [-0.2, -0.15) is 13.2 Å². The molecule has 0 N–H and O–H groups in total. The summed E-state index contributed by atoms with van der Waals surface area (Å²) in [4.78, 5) is 0. The Morgan fingerprint density at radius 2 is 1.47 bits per heavy atom. The summed E-state index contributed by atoms with van der Waals surface area (Å²) in [5.41, 5.74) is -0.669. The van der Waals surface area contributed by atoms with Crippen molar-refractivity contribution < 1.29 is 26.3 Å². The van der Waals surface area contributed by atoms with Crippen LogP contribution in [-0.4, -0.2) is 0 Å². The summed E-state index contributed by atoms with van der Waals surface area (Å²) in [5, 5.41) is 0. The standard InChI is InChI=1S/C24H26F6/c1-2-3-15-4-8-17(9-5-15)18-13-22(26)19(23(27)14-18)10-6-16-7-11-21(25)20(12-16)24(28,29)30/h7,11-15,17H,2-6,8-10H2,1H3. The lowest BCUT2D eigenvalue weighted by atomic mass is 9.77. The number of benzene rings is 2. The van der Waals surface area contributed by atoms with Gasteiger partial charge in [-0.15, -0.1) is 0 Å². The van der Waals surface area contributed by atoms with Crippen LogP contribution in [0.15, 0.2) is 30.3 Å². The minimum absolute atomic E-state index is 0.0152. The third-order valence-corrected chi connectivity index (χ3v) is 6.18. The first kappa shape index (κ1) is 22.7. The Kier molecular flexibility index (Phi) is 7.14. The Morgan fingerprint density at radius 3 is 2.03 bits per heavy atom. The summed E-state index contributed by atoms with van der Waals surface area (Å²) in [6.45, 7) is 2.16. The van der Waals surface area contributed by atoms with Crippen molar-refractivity contribution in [3.8, 4) is 0 Å². The van der Waals surface area contributed by atoms with Crippen LogP contribution in [0.2, 0.25) is 0 Å². The summed E-state index contributed by atoms with van der Waals surface area (Å²) < 4.78 is 81.2. The predicted octanol–water partition coefficient (Wildman–Crippen LogP) is 7.98. The van der Waals surface area contributed by atoms with Crippen molar-refractivity contribution in [2.75, 3.05) is 0 Å². The molecule has 3 rings (SSSR count). The smallest absolute Gasteiger partial charge is 0.207 e. The molecule has 0 atom stereocenters. The molecule has 0 spiro atoms. The first-order chi connectivity index (χ1) is 14.2. The van der Waals surface area contributed by atoms with Gasteiger partial charge in [0.05, 0.1) is 5.56 Å². The van der Waals surface area contributed by atoms with Gasteiger partial charge in [0.15, 0.2) is 0 Å². The Hall–Kier alpha value is -1.98. The molecular formula is C24H26F6. The van der Waals surface area contributed by atoms with Crippen molar-refractivity contribution in [1.82, 2.24) is 0 Å². The Morgan fingerprint density at radius 1 is 0.833 bits per heavy atom. The topological polar surface area (TPSA) is 0 Å². The van der Waals surface area contributed by atoms with E-state index in [1.165, 1.54) is 24.6 Å². The zero-order valence-electron chi connectivity index (χ0n) is 17.0. The molecule has 164 valence electrons. The maximum absolute atomic E-state index is 14.6. The average Bonchev–Trinajstić information content (AvgIpc) is 2.68. The maximum Gasteiger partial charge on any atom is 0.419 e. The first-order valence-electron chi connectivity index (χ1n) is 10.5. The van der Waals surface area contributed by atoms with Crippen molar-refractivity contribution in [2.45, 2.75) is 70.4 Å². The lowest BCUT2D eigenvalue weighted by Gasteiger charge is -2.29. The van der Waals surface area contributed by atoms with E-state index in [-0.39, 0.29) is 29.9 Å². The van der Waals surface area contributed by atoms with E-state index >= 15 is 0 Å². The third-order valence-electron chi connectivity index (χ3n) is 6.18. The molecule has 0 nitrogen and oxygen atoms in total. The average molecular weight is 428 g/mol. The van der Waals surface area contributed by atoms with Crippen LogP contribution in [0.4, 0.5) is 26.3 Å². The van der Waals surface area contributed by atoms with Gasteiger partial charge >= 0.3 is 6.18 Å². The molecule has 0 heterocycles. The fourth-order valence-corrected chi connectivity index (χ4v) is 4.50. The summed E-state index contributed by atoms with van der Waals surface area (Å²) >= 11 is 0. The van der Waals surface area contributed by atoms with E-state index in [1.54, 1.807) is 0 Å². The van der Waals surface area contributed by atoms with Crippen LogP contribution in [0.5, 0.6) is 0 Å². The van der Waals surface area contributed by atoms with Crippen LogP contribution in [0.3, 0.4) is 0 Å². The van der Waals surface area contributed by atoms with Crippen LogP contribution < -0.4 is 0 Å². The number of alkyl halides is 3. The summed E-state index contributed by atoms with van der Waals surface area (Å²) in [6, 6.07) is 5.39. The van der Waals surface area contributed by atoms with Crippen LogP contribution in [0.1, 0.15) is 73.6 Å². The number of hydrogen-bond acceptors (Lipinski definition) is 0. The highest BCUT2D eigenvalue weighted by Gasteiger charge is 2.34. The Labute approximate surface area is 173 Å². The highest BCUT2D eigenvalue weighted by molar-refractivity contribution is 5.32. The fraction of sp³-hybridized carbons (Fsp3) is 0.500. The van der Waals surface area contributed by atoms with Gasteiger partial charge in [0.25, 0.3) is 0 Å². The van der Waals surface area contributed by atoms with Crippen molar-refractivity contribution in [3.05, 3.63) is 70.0 Å². The lowest BCUT2D eigenvalue weighted by Crippen LogP contribution is -2.14. The number of aryl methyl sites for hydroxylation is 1. The van der Waals surface area contributed by atoms with Gasteiger partial charge in [0.1, 0.15) is 17.5 Å². The highest BCUT2D eigenvalue weighted by Crippen LogP contribution is 2.38.